The Morgan fingerprint density at radius 1 is 1.43 bits per heavy atom. The van der Waals surface area contributed by atoms with Crippen molar-refractivity contribution in [3.63, 3.8) is 0 Å². The largest absolute Gasteiger partial charge is 0.335 e. The van der Waals surface area contributed by atoms with E-state index in [0.29, 0.717) is 11.3 Å². The molecule has 0 saturated carbocycles. The lowest BCUT2D eigenvalue weighted by atomic mass is 10.1. The molecule has 0 aliphatic heterocycles. The van der Waals surface area contributed by atoms with Gasteiger partial charge in [-0.15, -0.1) is 0 Å². The fourth-order valence-corrected chi connectivity index (χ4v) is 2.09. The van der Waals surface area contributed by atoms with E-state index >= 15 is 0 Å². The van der Waals surface area contributed by atoms with Gasteiger partial charge in [-0.05, 0) is 32.4 Å². The molecule has 1 rings (SSSR count). The van der Waals surface area contributed by atoms with Crippen LogP contribution in [0.3, 0.4) is 0 Å². The molecule has 0 aliphatic carbocycles. The van der Waals surface area contributed by atoms with Gasteiger partial charge in [0.1, 0.15) is 5.69 Å². The molecule has 0 fully saturated rings. The zero-order valence-corrected chi connectivity index (χ0v) is 13.2. The van der Waals surface area contributed by atoms with Crippen molar-refractivity contribution in [1.29, 1.82) is 0 Å². The van der Waals surface area contributed by atoms with Crippen LogP contribution >= 0.6 is 0 Å². The van der Waals surface area contributed by atoms with Gasteiger partial charge in [-0.2, -0.15) is 0 Å². The highest BCUT2D eigenvalue weighted by molar-refractivity contribution is 5.95. The van der Waals surface area contributed by atoms with Gasteiger partial charge in [0.25, 0.3) is 5.91 Å². The predicted molar refractivity (Wildman–Crippen MR) is 85.9 cm³/mol. The van der Waals surface area contributed by atoms with Crippen LogP contribution in [0.2, 0.25) is 0 Å². The van der Waals surface area contributed by atoms with Crippen LogP contribution in [-0.4, -0.2) is 34.9 Å². The lowest BCUT2D eigenvalue weighted by Gasteiger charge is -2.26. The number of hydrogen-bond acceptors (Lipinski definition) is 3. The Labute approximate surface area is 127 Å². The van der Waals surface area contributed by atoms with E-state index in [1.807, 2.05) is 24.8 Å². The van der Waals surface area contributed by atoms with E-state index in [1.54, 1.807) is 12.3 Å². The summed E-state index contributed by atoms with van der Waals surface area (Å²) in [7, 11) is 0. The van der Waals surface area contributed by atoms with Gasteiger partial charge < -0.3 is 10.6 Å². The summed E-state index contributed by atoms with van der Waals surface area (Å²) in [6.45, 7) is 7.23. The van der Waals surface area contributed by atoms with Crippen LogP contribution < -0.4 is 5.73 Å². The third-order valence-electron chi connectivity index (χ3n) is 3.22. The van der Waals surface area contributed by atoms with Crippen LogP contribution in [0.1, 0.15) is 56.1 Å². The molecule has 0 atom stereocenters. The van der Waals surface area contributed by atoms with E-state index in [0.717, 1.165) is 25.8 Å². The van der Waals surface area contributed by atoms with Gasteiger partial charge in [0.05, 0.1) is 12.1 Å². The molecule has 0 bridgehead atoms. The van der Waals surface area contributed by atoms with E-state index in [4.69, 9.17) is 5.73 Å². The Morgan fingerprint density at radius 2 is 2.19 bits per heavy atom. The van der Waals surface area contributed by atoms with Gasteiger partial charge in [0.2, 0.25) is 0 Å². The van der Waals surface area contributed by atoms with E-state index in [2.05, 4.69) is 23.7 Å². The molecule has 0 unspecified atom stereocenters. The number of amides is 1. The van der Waals surface area contributed by atoms with Crippen LogP contribution in [0.5, 0.6) is 0 Å². The average Bonchev–Trinajstić information content (AvgIpc) is 2.49. The smallest absolute Gasteiger partial charge is 0.273 e. The van der Waals surface area contributed by atoms with Gasteiger partial charge in [-0.1, -0.05) is 31.6 Å². The minimum absolute atomic E-state index is 0.0528. The summed E-state index contributed by atoms with van der Waals surface area (Å²) in [5.74, 6) is 5.66. The molecule has 1 aromatic heterocycles. The highest BCUT2D eigenvalue weighted by Gasteiger charge is 2.21. The molecule has 1 amide bonds. The van der Waals surface area contributed by atoms with Crippen LogP contribution in [-0.2, 0) is 0 Å². The van der Waals surface area contributed by atoms with Crippen molar-refractivity contribution in [2.24, 2.45) is 5.73 Å². The van der Waals surface area contributed by atoms with E-state index < -0.39 is 0 Å². The number of hydrogen-bond donors (Lipinski definition) is 1. The molecule has 1 aromatic rings. The number of aromatic nitrogens is 1. The SMILES string of the molecule is CCCCCN(C(=O)c1ncccc1C#CCN)C(C)C. The van der Waals surface area contributed by atoms with Gasteiger partial charge in [-0.3, -0.25) is 4.79 Å². The summed E-state index contributed by atoms with van der Waals surface area (Å²) in [6, 6.07) is 3.74. The van der Waals surface area contributed by atoms with Crippen molar-refractivity contribution in [3.05, 3.63) is 29.6 Å². The minimum atomic E-state index is -0.0528. The number of unbranched alkanes of at least 4 members (excludes halogenated alkanes) is 2. The van der Waals surface area contributed by atoms with Crippen LogP contribution in [0.25, 0.3) is 0 Å². The van der Waals surface area contributed by atoms with Gasteiger partial charge >= 0.3 is 0 Å². The van der Waals surface area contributed by atoms with Crippen molar-refractivity contribution in [2.45, 2.75) is 46.1 Å². The summed E-state index contributed by atoms with van der Waals surface area (Å²) in [5.41, 5.74) is 6.47. The molecule has 0 aromatic carbocycles. The second-order valence-corrected chi connectivity index (χ2v) is 5.20. The maximum atomic E-state index is 12.7. The minimum Gasteiger partial charge on any atom is -0.335 e. The summed E-state index contributed by atoms with van der Waals surface area (Å²) < 4.78 is 0. The van der Waals surface area contributed by atoms with Crippen molar-refractivity contribution in [2.75, 3.05) is 13.1 Å². The second-order valence-electron chi connectivity index (χ2n) is 5.20. The number of rotatable bonds is 6. The molecule has 2 N–H and O–H groups in total. The molecule has 0 saturated heterocycles. The maximum Gasteiger partial charge on any atom is 0.273 e. The third-order valence-corrected chi connectivity index (χ3v) is 3.22. The zero-order valence-electron chi connectivity index (χ0n) is 13.2. The van der Waals surface area contributed by atoms with Crippen molar-refractivity contribution >= 4 is 5.91 Å². The third kappa shape index (κ3) is 5.20. The Bertz CT molecular complexity index is 514. The first kappa shape index (κ1) is 17.2. The molecule has 0 radical (unpaired) electrons. The van der Waals surface area contributed by atoms with Crippen LogP contribution in [0.4, 0.5) is 0 Å². The fraction of sp³-hybridized carbons (Fsp3) is 0.529. The number of carbonyl (C=O) groups excluding carboxylic acids is 1. The van der Waals surface area contributed by atoms with Crippen LogP contribution in [0, 0.1) is 11.8 Å². The monoisotopic (exact) mass is 287 g/mol. The fourth-order valence-electron chi connectivity index (χ4n) is 2.09. The molecule has 1 heterocycles. The summed E-state index contributed by atoms with van der Waals surface area (Å²) in [5, 5.41) is 0. The standard InChI is InChI=1S/C17H25N3O/c1-4-5-6-13-20(14(2)3)17(21)16-15(9-7-11-18)10-8-12-19-16/h8,10,12,14H,4-6,11,13,18H2,1-3H3. The lowest BCUT2D eigenvalue weighted by molar-refractivity contribution is 0.0696. The molecule has 4 nitrogen and oxygen atoms in total. The molecule has 114 valence electrons. The highest BCUT2D eigenvalue weighted by Crippen LogP contribution is 2.12. The van der Waals surface area contributed by atoms with Crippen molar-refractivity contribution in [3.8, 4) is 11.8 Å². The van der Waals surface area contributed by atoms with Crippen LogP contribution in [0.15, 0.2) is 18.3 Å². The lowest BCUT2D eigenvalue weighted by Crippen LogP contribution is -2.38. The quantitative estimate of drug-likeness (QED) is 0.646. The van der Waals surface area contributed by atoms with Crippen molar-refractivity contribution < 1.29 is 4.79 Å². The number of nitrogens with zero attached hydrogens (tertiary/aromatic N) is 2. The number of carbonyl (C=O) groups is 1. The number of pyridine rings is 1. The first-order chi connectivity index (χ1) is 10.1. The summed E-state index contributed by atoms with van der Waals surface area (Å²) >= 11 is 0. The Balaban J connectivity index is 2.98. The zero-order chi connectivity index (χ0) is 15.7. The Kier molecular flexibility index (Phi) is 7.49. The number of nitrogens with two attached hydrogens (primary N) is 1. The second kappa shape index (κ2) is 9.15. The molecule has 0 aliphatic rings. The van der Waals surface area contributed by atoms with E-state index in [9.17, 15) is 4.79 Å². The maximum absolute atomic E-state index is 12.7. The van der Waals surface area contributed by atoms with E-state index in [1.165, 1.54) is 0 Å². The van der Waals surface area contributed by atoms with E-state index in [-0.39, 0.29) is 18.5 Å². The summed E-state index contributed by atoms with van der Waals surface area (Å²) in [6.07, 6.45) is 4.90. The molecular weight excluding hydrogens is 262 g/mol. The van der Waals surface area contributed by atoms with Gasteiger partial charge in [-0.25, -0.2) is 4.98 Å². The first-order valence-corrected chi connectivity index (χ1v) is 7.56. The topological polar surface area (TPSA) is 59.2 Å². The molecule has 4 heteroatoms. The molecule has 21 heavy (non-hydrogen) atoms. The molecule has 0 spiro atoms. The summed E-state index contributed by atoms with van der Waals surface area (Å²) in [4.78, 5) is 18.8. The highest BCUT2D eigenvalue weighted by atomic mass is 16.2. The Morgan fingerprint density at radius 3 is 2.81 bits per heavy atom. The van der Waals surface area contributed by atoms with Crippen molar-refractivity contribution in [1.82, 2.24) is 9.88 Å². The van der Waals surface area contributed by atoms with Gasteiger partial charge in [0, 0.05) is 18.8 Å². The van der Waals surface area contributed by atoms with Gasteiger partial charge in [0.15, 0.2) is 0 Å². The average molecular weight is 287 g/mol. The Hall–Kier alpha value is -1.86. The first-order valence-electron chi connectivity index (χ1n) is 7.56. The normalized spacial score (nSPS) is 10.1. The molecular formula is C17H25N3O. The predicted octanol–water partition coefficient (Wildman–Crippen LogP) is 2.43.